The highest BCUT2D eigenvalue weighted by molar-refractivity contribution is 5.96. The summed E-state index contributed by atoms with van der Waals surface area (Å²) >= 11 is 0. The molecule has 0 fully saturated rings. The third-order valence-corrected chi connectivity index (χ3v) is 4.72. The number of para-hydroxylation sites is 2. The lowest BCUT2D eigenvalue weighted by Crippen LogP contribution is -2.30. The second-order valence-electron chi connectivity index (χ2n) is 6.50. The first kappa shape index (κ1) is 17.1. The molecule has 0 aliphatic rings. The molecule has 2 heterocycles. The van der Waals surface area contributed by atoms with Crippen molar-refractivity contribution in [1.29, 1.82) is 0 Å². The molecular formula is C22H19NO4. The van der Waals surface area contributed by atoms with E-state index < -0.39 is 5.63 Å². The Morgan fingerprint density at radius 1 is 1.00 bits per heavy atom. The molecule has 0 bridgehead atoms. The highest BCUT2D eigenvalue weighted by Gasteiger charge is 2.21. The topological polar surface area (TPSA) is 63.7 Å². The molecule has 5 heteroatoms. The van der Waals surface area contributed by atoms with E-state index in [2.05, 4.69) is 0 Å². The lowest BCUT2D eigenvalue weighted by Gasteiger charge is -2.17. The first-order valence-corrected chi connectivity index (χ1v) is 8.86. The van der Waals surface area contributed by atoms with Gasteiger partial charge in [0.1, 0.15) is 22.5 Å². The minimum absolute atomic E-state index is 0.0297. The van der Waals surface area contributed by atoms with E-state index in [-0.39, 0.29) is 11.5 Å². The standard InChI is InChI=1S/C22H19NO4/c1-3-18-17(15-9-5-7-11-20(15)26-18)13-23(2)21(24)16-12-14-8-4-6-10-19(14)27-22(16)25/h4-12H,3,13H2,1-2H3. The Morgan fingerprint density at radius 3 is 2.48 bits per heavy atom. The number of hydrogen-bond acceptors (Lipinski definition) is 4. The van der Waals surface area contributed by atoms with Gasteiger partial charge in [0.05, 0.1) is 0 Å². The molecule has 0 aliphatic heterocycles. The van der Waals surface area contributed by atoms with E-state index in [1.54, 1.807) is 25.2 Å². The Morgan fingerprint density at radius 2 is 1.70 bits per heavy atom. The van der Waals surface area contributed by atoms with E-state index in [1.807, 2.05) is 43.3 Å². The summed E-state index contributed by atoms with van der Waals surface area (Å²) in [5.74, 6) is 0.475. The second-order valence-corrected chi connectivity index (χ2v) is 6.50. The van der Waals surface area contributed by atoms with Crippen molar-refractivity contribution in [3.63, 3.8) is 0 Å². The lowest BCUT2D eigenvalue weighted by molar-refractivity contribution is 0.0781. The van der Waals surface area contributed by atoms with Crippen LogP contribution in [0.5, 0.6) is 0 Å². The number of nitrogens with zero attached hydrogens (tertiary/aromatic N) is 1. The van der Waals surface area contributed by atoms with Gasteiger partial charge in [-0.1, -0.05) is 43.3 Å². The van der Waals surface area contributed by atoms with Gasteiger partial charge in [0, 0.05) is 36.3 Å². The molecule has 0 radical (unpaired) electrons. The molecule has 0 unspecified atom stereocenters. The summed E-state index contributed by atoms with van der Waals surface area (Å²) in [4.78, 5) is 26.7. The van der Waals surface area contributed by atoms with Crippen LogP contribution in [0.2, 0.25) is 0 Å². The van der Waals surface area contributed by atoms with Crippen molar-refractivity contribution < 1.29 is 13.6 Å². The molecule has 0 saturated carbocycles. The zero-order chi connectivity index (χ0) is 19.0. The van der Waals surface area contributed by atoms with Gasteiger partial charge in [0.25, 0.3) is 5.91 Å². The number of aryl methyl sites for hydroxylation is 1. The molecule has 0 saturated heterocycles. The Kier molecular flexibility index (Phi) is 4.28. The number of carbonyl (C=O) groups is 1. The van der Waals surface area contributed by atoms with Crippen molar-refractivity contribution in [2.75, 3.05) is 7.05 Å². The third-order valence-electron chi connectivity index (χ3n) is 4.72. The Balaban J connectivity index is 1.70. The first-order chi connectivity index (χ1) is 13.1. The molecule has 4 rings (SSSR count). The smallest absolute Gasteiger partial charge is 0.349 e. The molecule has 2 aromatic carbocycles. The van der Waals surface area contributed by atoms with E-state index in [0.717, 1.165) is 34.1 Å². The zero-order valence-corrected chi connectivity index (χ0v) is 15.2. The normalized spacial score (nSPS) is 11.2. The van der Waals surface area contributed by atoms with Gasteiger partial charge in [-0.3, -0.25) is 4.79 Å². The average molecular weight is 361 g/mol. The van der Waals surface area contributed by atoms with E-state index in [1.165, 1.54) is 4.90 Å². The van der Waals surface area contributed by atoms with E-state index in [9.17, 15) is 9.59 Å². The van der Waals surface area contributed by atoms with Gasteiger partial charge in [-0.2, -0.15) is 0 Å². The van der Waals surface area contributed by atoms with Crippen LogP contribution in [0.3, 0.4) is 0 Å². The maximum Gasteiger partial charge on any atom is 0.349 e. The molecule has 0 atom stereocenters. The molecule has 4 aromatic rings. The highest BCUT2D eigenvalue weighted by Crippen LogP contribution is 2.27. The monoisotopic (exact) mass is 361 g/mol. The van der Waals surface area contributed by atoms with Crippen molar-refractivity contribution in [2.24, 2.45) is 0 Å². The second kappa shape index (κ2) is 6.76. The molecule has 0 aliphatic carbocycles. The molecule has 2 aromatic heterocycles. The molecule has 0 N–H and O–H groups in total. The summed E-state index contributed by atoms with van der Waals surface area (Å²) in [5, 5.41) is 1.71. The summed E-state index contributed by atoms with van der Waals surface area (Å²) in [6, 6.07) is 16.5. The fourth-order valence-electron chi connectivity index (χ4n) is 3.33. The Bertz CT molecular complexity index is 1200. The van der Waals surface area contributed by atoms with Gasteiger partial charge in [-0.15, -0.1) is 0 Å². The number of amides is 1. The summed E-state index contributed by atoms with van der Waals surface area (Å²) in [7, 11) is 1.68. The summed E-state index contributed by atoms with van der Waals surface area (Å²) in [5.41, 5.74) is 1.64. The Labute approximate surface area is 155 Å². The van der Waals surface area contributed by atoms with Gasteiger partial charge < -0.3 is 13.7 Å². The van der Waals surface area contributed by atoms with Gasteiger partial charge >= 0.3 is 5.63 Å². The summed E-state index contributed by atoms with van der Waals surface area (Å²) < 4.78 is 11.2. The molecular weight excluding hydrogens is 342 g/mol. The lowest BCUT2D eigenvalue weighted by atomic mass is 10.1. The average Bonchev–Trinajstić information content (AvgIpc) is 3.04. The predicted octanol–water partition coefficient (Wildman–Crippen LogP) is 4.37. The molecule has 136 valence electrons. The van der Waals surface area contributed by atoms with Crippen LogP contribution in [0.25, 0.3) is 21.9 Å². The van der Waals surface area contributed by atoms with Gasteiger partial charge in [0.2, 0.25) is 0 Å². The number of furan rings is 1. The number of rotatable bonds is 4. The van der Waals surface area contributed by atoms with Gasteiger partial charge in [-0.25, -0.2) is 4.79 Å². The number of carbonyl (C=O) groups excluding carboxylic acids is 1. The minimum atomic E-state index is -0.627. The van der Waals surface area contributed by atoms with Crippen LogP contribution in [0.4, 0.5) is 0 Å². The molecule has 1 amide bonds. The van der Waals surface area contributed by atoms with Crippen LogP contribution in [0.15, 0.2) is 68.2 Å². The van der Waals surface area contributed by atoms with Crippen molar-refractivity contribution in [1.82, 2.24) is 4.90 Å². The quantitative estimate of drug-likeness (QED) is 0.506. The zero-order valence-electron chi connectivity index (χ0n) is 15.2. The SMILES string of the molecule is CCc1oc2ccccc2c1CN(C)C(=O)c1cc2ccccc2oc1=O. The summed E-state index contributed by atoms with van der Waals surface area (Å²) in [6.45, 7) is 2.37. The highest BCUT2D eigenvalue weighted by atomic mass is 16.4. The first-order valence-electron chi connectivity index (χ1n) is 8.86. The fourth-order valence-corrected chi connectivity index (χ4v) is 3.33. The third kappa shape index (κ3) is 3.01. The number of hydrogen-bond donors (Lipinski definition) is 0. The van der Waals surface area contributed by atoms with Gasteiger partial charge in [0.15, 0.2) is 0 Å². The fraction of sp³-hybridized carbons (Fsp3) is 0.182. The van der Waals surface area contributed by atoms with Crippen LogP contribution in [-0.2, 0) is 13.0 Å². The molecule has 0 spiro atoms. The van der Waals surface area contributed by atoms with Crippen LogP contribution in [-0.4, -0.2) is 17.9 Å². The van der Waals surface area contributed by atoms with E-state index in [0.29, 0.717) is 12.1 Å². The van der Waals surface area contributed by atoms with Gasteiger partial charge in [-0.05, 0) is 18.2 Å². The maximum absolute atomic E-state index is 12.9. The van der Waals surface area contributed by atoms with Crippen LogP contribution in [0.1, 0.15) is 28.6 Å². The van der Waals surface area contributed by atoms with E-state index in [4.69, 9.17) is 8.83 Å². The molecule has 27 heavy (non-hydrogen) atoms. The Hall–Kier alpha value is -3.34. The van der Waals surface area contributed by atoms with Crippen molar-refractivity contribution in [2.45, 2.75) is 19.9 Å². The van der Waals surface area contributed by atoms with Crippen molar-refractivity contribution in [3.05, 3.63) is 81.9 Å². The minimum Gasteiger partial charge on any atom is -0.461 e. The largest absolute Gasteiger partial charge is 0.461 e. The van der Waals surface area contributed by atoms with Crippen LogP contribution >= 0.6 is 0 Å². The van der Waals surface area contributed by atoms with Crippen LogP contribution < -0.4 is 5.63 Å². The number of fused-ring (bicyclic) bond motifs is 2. The summed E-state index contributed by atoms with van der Waals surface area (Å²) in [6.07, 6.45) is 0.726. The van der Waals surface area contributed by atoms with Crippen molar-refractivity contribution in [3.8, 4) is 0 Å². The van der Waals surface area contributed by atoms with Crippen LogP contribution in [0, 0.1) is 0 Å². The molecule has 5 nitrogen and oxygen atoms in total. The predicted molar refractivity (Wildman–Crippen MR) is 104 cm³/mol. The van der Waals surface area contributed by atoms with Crippen molar-refractivity contribution >= 4 is 27.8 Å². The maximum atomic E-state index is 12.9. The van der Waals surface area contributed by atoms with E-state index >= 15 is 0 Å². The number of benzene rings is 2.